The standard InChI is InChI=1S/C19H25N3O6/c1-11(16(23)15-10-27-15)20-17(24)12(2)21-18(25)13(3)22-19(26)28-9-14-7-5-4-6-8-14/h4-8,11-13,15H,9-10H2,1-3H3,(H,20,24)(H,21,25)(H,22,26)/t11-,12-,13-,15+/m0/s1. The second kappa shape index (κ2) is 9.84. The fourth-order valence-electron chi connectivity index (χ4n) is 2.31. The Morgan fingerprint density at radius 3 is 2.07 bits per heavy atom. The first-order valence-electron chi connectivity index (χ1n) is 9.01. The zero-order valence-electron chi connectivity index (χ0n) is 16.1. The summed E-state index contributed by atoms with van der Waals surface area (Å²) < 4.78 is 9.94. The van der Waals surface area contributed by atoms with Gasteiger partial charge in [0.2, 0.25) is 11.8 Å². The molecule has 1 heterocycles. The summed E-state index contributed by atoms with van der Waals surface area (Å²) >= 11 is 0. The van der Waals surface area contributed by atoms with Crippen molar-refractivity contribution in [2.45, 2.75) is 51.6 Å². The van der Waals surface area contributed by atoms with E-state index in [1.165, 1.54) is 13.8 Å². The van der Waals surface area contributed by atoms with E-state index in [-0.39, 0.29) is 12.4 Å². The summed E-state index contributed by atoms with van der Waals surface area (Å²) in [5, 5.41) is 7.41. The van der Waals surface area contributed by atoms with Gasteiger partial charge in [-0.1, -0.05) is 30.3 Å². The highest BCUT2D eigenvalue weighted by atomic mass is 16.6. The van der Waals surface area contributed by atoms with Crippen LogP contribution >= 0.6 is 0 Å². The lowest BCUT2D eigenvalue weighted by molar-refractivity contribution is -0.131. The summed E-state index contributed by atoms with van der Waals surface area (Å²) in [6, 6.07) is 6.63. The third-order valence-electron chi connectivity index (χ3n) is 4.13. The van der Waals surface area contributed by atoms with Crippen LogP contribution in [0.15, 0.2) is 30.3 Å². The van der Waals surface area contributed by atoms with E-state index in [2.05, 4.69) is 16.0 Å². The minimum Gasteiger partial charge on any atom is -0.445 e. The van der Waals surface area contributed by atoms with Crippen LogP contribution in [-0.2, 0) is 30.5 Å². The number of benzene rings is 1. The van der Waals surface area contributed by atoms with Crippen LogP contribution in [-0.4, -0.2) is 54.5 Å². The van der Waals surface area contributed by atoms with Crippen LogP contribution in [0.25, 0.3) is 0 Å². The summed E-state index contributed by atoms with van der Waals surface area (Å²) in [7, 11) is 0. The molecule has 1 aromatic rings. The van der Waals surface area contributed by atoms with Gasteiger partial charge in [-0.2, -0.15) is 0 Å². The summed E-state index contributed by atoms with van der Waals surface area (Å²) in [5.74, 6) is -1.26. The molecule has 0 saturated carbocycles. The van der Waals surface area contributed by atoms with Crippen LogP contribution in [0.2, 0.25) is 0 Å². The Labute approximate surface area is 163 Å². The fraction of sp³-hybridized carbons (Fsp3) is 0.474. The maximum absolute atomic E-state index is 12.2. The van der Waals surface area contributed by atoms with Crippen LogP contribution in [0.4, 0.5) is 4.79 Å². The van der Waals surface area contributed by atoms with Crippen LogP contribution in [0.1, 0.15) is 26.3 Å². The van der Waals surface area contributed by atoms with Gasteiger partial charge in [0.05, 0.1) is 12.6 Å². The van der Waals surface area contributed by atoms with Gasteiger partial charge < -0.3 is 25.4 Å². The van der Waals surface area contributed by atoms with Gasteiger partial charge in [0.25, 0.3) is 0 Å². The highest BCUT2D eigenvalue weighted by Crippen LogP contribution is 2.12. The lowest BCUT2D eigenvalue weighted by Gasteiger charge is -2.20. The van der Waals surface area contributed by atoms with E-state index in [0.717, 1.165) is 5.56 Å². The SMILES string of the molecule is C[C@H](NC(=O)OCc1ccccc1)C(=O)N[C@@H](C)C(=O)N[C@@H](C)C(=O)[C@H]1CO1. The Morgan fingerprint density at radius 1 is 0.964 bits per heavy atom. The predicted molar refractivity (Wildman–Crippen MR) is 99.2 cm³/mol. The molecule has 9 heteroatoms. The molecule has 0 aromatic heterocycles. The number of ketones is 1. The monoisotopic (exact) mass is 391 g/mol. The normalized spacial score (nSPS) is 18.2. The minimum absolute atomic E-state index is 0.0798. The molecular weight excluding hydrogens is 366 g/mol. The van der Waals surface area contributed by atoms with Gasteiger partial charge in [-0.05, 0) is 26.3 Å². The number of ether oxygens (including phenoxy) is 2. The average molecular weight is 391 g/mol. The van der Waals surface area contributed by atoms with Crippen LogP contribution in [0.3, 0.4) is 0 Å². The van der Waals surface area contributed by atoms with Gasteiger partial charge in [-0.25, -0.2) is 4.79 Å². The third kappa shape index (κ3) is 6.66. The topological polar surface area (TPSA) is 126 Å². The highest BCUT2D eigenvalue weighted by Gasteiger charge is 2.35. The number of hydrogen-bond donors (Lipinski definition) is 3. The molecular formula is C19H25N3O6. The van der Waals surface area contributed by atoms with E-state index in [9.17, 15) is 19.2 Å². The number of hydrogen-bond acceptors (Lipinski definition) is 6. The van der Waals surface area contributed by atoms with E-state index in [1.807, 2.05) is 30.3 Å². The van der Waals surface area contributed by atoms with Gasteiger partial charge >= 0.3 is 6.09 Å². The van der Waals surface area contributed by atoms with E-state index >= 15 is 0 Å². The van der Waals surface area contributed by atoms with Crippen molar-refractivity contribution in [2.75, 3.05) is 6.61 Å². The highest BCUT2D eigenvalue weighted by molar-refractivity contribution is 5.95. The van der Waals surface area contributed by atoms with Gasteiger partial charge in [0, 0.05) is 0 Å². The van der Waals surface area contributed by atoms with Gasteiger partial charge in [0.15, 0.2) is 5.78 Å². The lowest BCUT2D eigenvalue weighted by atomic mass is 10.1. The van der Waals surface area contributed by atoms with Gasteiger partial charge in [-0.3, -0.25) is 14.4 Å². The maximum atomic E-state index is 12.2. The number of amides is 3. The molecule has 3 amide bonds. The molecule has 0 radical (unpaired) electrons. The van der Waals surface area contributed by atoms with Crippen molar-refractivity contribution in [3.8, 4) is 0 Å². The summed E-state index contributed by atoms with van der Waals surface area (Å²) in [6.07, 6.45) is -1.20. The summed E-state index contributed by atoms with van der Waals surface area (Å²) in [4.78, 5) is 47.9. The van der Waals surface area contributed by atoms with Crippen molar-refractivity contribution in [3.63, 3.8) is 0 Å². The zero-order chi connectivity index (χ0) is 20.7. The Hall–Kier alpha value is -2.94. The van der Waals surface area contributed by atoms with E-state index in [0.29, 0.717) is 6.61 Å². The number of nitrogens with one attached hydrogen (secondary N) is 3. The molecule has 1 saturated heterocycles. The second-order valence-corrected chi connectivity index (χ2v) is 6.61. The first-order chi connectivity index (χ1) is 13.3. The number of alkyl carbamates (subject to hydrolysis) is 1. The molecule has 1 aliphatic heterocycles. The lowest BCUT2D eigenvalue weighted by Crippen LogP contribution is -2.53. The van der Waals surface area contributed by atoms with Crippen molar-refractivity contribution in [3.05, 3.63) is 35.9 Å². The smallest absolute Gasteiger partial charge is 0.408 e. The number of epoxide rings is 1. The Morgan fingerprint density at radius 2 is 1.50 bits per heavy atom. The summed E-state index contributed by atoms with van der Waals surface area (Å²) in [5.41, 5.74) is 0.820. The van der Waals surface area contributed by atoms with Crippen molar-refractivity contribution < 1.29 is 28.7 Å². The van der Waals surface area contributed by atoms with E-state index < -0.39 is 42.1 Å². The van der Waals surface area contributed by atoms with Crippen molar-refractivity contribution in [1.29, 1.82) is 0 Å². The van der Waals surface area contributed by atoms with E-state index in [4.69, 9.17) is 9.47 Å². The second-order valence-electron chi connectivity index (χ2n) is 6.61. The van der Waals surface area contributed by atoms with Gasteiger partial charge in [-0.15, -0.1) is 0 Å². The van der Waals surface area contributed by atoms with Crippen molar-refractivity contribution >= 4 is 23.7 Å². The Bertz CT molecular complexity index is 720. The van der Waals surface area contributed by atoms with Crippen molar-refractivity contribution in [2.24, 2.45) is 0 Å². The molecule has 28 heavy (non-hydrogen) atoms. The van der Waals surface area contributed by atoms with Crippen LogP contribution in [0.5, 0.6) is 0 Å². The number of carbonyl (C=O) groups is 4. The molecule has 2 rings (SSSR count). The Balaban J connectivity index is 1.71. The first kappa shape index (κ1) is 21.4. The number of Topliss-reactive ketones (excluding diaryl/α,β-unsaturated/α-hetero) is 1. The molecule has 1 aromatic carbocycles. The molecule has 4 atom stereocenters. The number of carbonyl (C=O) groups excluding carboxylic acids is 4. The predicted octanol–water partition coefficient (Wildman–Crippen LogP) is 0.279. The summed E-state index contributed by atoms with van der Waals surface area (Å²) in [6.45, 7) is 4.97. The average Bonchev–Trinajstić information content (AvgIpc) is 3.51. The van der Waals surface area contributed by atoms with Crippen LogP contribution in [0, 0.1) is 0 Å². The quantitative estimate of drug-likeness (QED) is 0.519. The molecule has 1 aliphatic rings. The molecule has 0 bridgehead atoms. The van der Waals surface area contributed by atoms with Crippen LogP contribution < -0.4 is 16.0 Å². The molecule has 0 spiro atoms. The third-order valence-corrected chi connectivity index (χ3v) is 4.13. The zero-order valence-corrected chi connectivity index (χ0v) is 16.1. The molecule has 152 valence electrons. The fourth-order valence-corrected chi connectivity index (χ4v) is 2.31. The molecule has 3 N–H and O–H groups in total. The van der Waals surface area contributed by atoms with Gasteiger partial charge in [0.1, 0.15) is 24.8 Å². The number of rotatable bonds is 9. The van der Waals surface area contributed by atoms with E-state index in [1.54, 1.807) is 6.92 Å². The maximum Gasteiger partial charge on any atom is 0.408 e. The molecule has 9 nitrogen and oxygen atoms in total. The minimum atomic E-state index is -0.905. The molecule has 1 fully saturated rings. The molecule has 0 unspecified atom stereocenters. The molecule has 0 aliphatic carbocycles. The van der Waals surface area contributed by atoms with Crippen molar-refractivity contribution in [1.82, 2.24) is 16.0 Å². The first-order valence-corrected chi connectivity index (χ1v) is 9.01. The Kier molecular flexibility index (Phi) is 7.51. The largest absolute Gasteiger partial charge is 0.445 e.